The minimum absolute atomic E-state index is 0. The van der Waals surface area contributed by atoms with Crippen LogP contribution in [0.5, 0.6) is 0 Å². The number of alkyl halides is 3. The SMILES string of the molecule is FC(F)(F)Cc1coc2ccccc12.[H-].[Li+]. The summed E-state index contributed by atoms with van der Waals surface area (Å²) in [5.41, 5.74) is 0.680. The molecule has 0 spiro atoms. The maximum absolute atomic E-state index is 12.1. The molecule has 0 unspecified atom stereocenters. The molecule has 1 heterocycles. The van der Waals surface area contributed by atoms with Gasteiger partial charge in [0.25, 0.3) is 0 Å². The first kappa shape index (κ1) is 12.2. The number of rotatable bonds is 1. The van der Waals surface area contributed by atoms with Gasteiger partial charge in [-0.05, 0) is 6.07 Å². The third-order valence-electron chi connectivity index (χ3n) is 1.95. The van der Waals surface area contributed by atoms with E-state index in [1.54, 1.807) is 24.3 Å². The van der Waals surface area contributed by atoms with Crippen LogP contribution in [-0.2, 0) is 6.42 Å². The molecule has 0 aliphatic heterocycles. The molecule has 5 heteroatoms. The van der Waals surface area contributed by atoms with Crippen LogP contribution >= 0.6 is 0 Å². The molecular formula is C10H8F3LiO. The molecule has 1 aromatic carbocycles. The molecule has 76 valence electrons. The minimum Gasteiger partial charge on any atom is -1.00 e. The largest absolute Gasteiger partial charge is 1.00 e. The molecule has 0 aliphatic carbocycles. The van der Waals surface area contributed by atoms with Gasteiger partial charge in [-0.1, -0.05) is 18.2 Å². The summed E-state index contributed by atoms with van der Waals surface area (Å²) in [6.07, 6.45) is -3.96. The molecule has 0 atom stereocenters. The number of hydrogen-bond donors (Lipinski definition) is 0. The predicted molar refractivity (Wildman–Crippen MR) is 47.1 cm³/mol. The van der Waals surface area contributed by atoms with E-state index < -0.39 is 12.6 Å². The Hall–Kier alpha value is -0.853. The van der Waals surface area contributed by atoms with Crippen molar-refractivity contribution < 1.29 is 37.9 Å². The molecule has 0 saturated carbocycles. The van der Waals surface area contributed by atoms with Gasteiger partial charge in [0.2, 0.25) is 0 Å². The maximum atomic E-state index is 12.1. The second-order valence-electron chi connectivity index (χ2n) is 3.05. The Balaban J connectivity index is 0.00000112. The zero-order valence-corrected chi connectivity index (χ0v) is 8.14. The Morgan fingerprint density at radius 3 is 2.53 bits per heavy atom. The minimum atomic E-state index is -4.19. The van der Waals surface area contributed by atoms with E-state index in [9.17, 15) is 13.2 Å². The van der Waals surface area contributed by atoms with E-state index in [4.69, 9.17) is 4.42 Å². The van der Waals surface area contributed by atoms with Gasteiger partial charge in [-0.2, -0.15) is 13.2 Å². The zero-order chi connectivity index (χ0) is 10.2. The third kappa shape index (κ3) is 2.80. The van der Waals surface area contributed by atoms with Gasteiger partial charge in [-0.25, -0.2) is 0 Å². The van der Waals surface area contributed by atoms with Crippen LogP contribution in [0.1, 0.15) is 6.99 Å². The van der Waals surface area contributed by atoms with Crippen molar-refractivity contribution in [3.8, 4) is 0 Å². The van der Waals surface area contributed by atoms with Crippen molar-refractivity contribution >= 4 is 11.0 Å². The molecule has 0 amide bonds. The van der Waals surface area contributed by atoms with Crippen LogP contribution in [0.3, 0.4) is 0 Å². The summed E-state index contributed by atoms with van der Waals surface area (Å²) in [6, 6.07) is 6.69. The Labute approximate surface area is 97.9 Å². The monoisotopic (exact) mass is 208 g/mol. The second kappa shape index (κ2) is 4.34. The van der Waals surface area contributed by atoms with E-state index in [2.05, 4.69) is 0 Å². The fourth-order valence-corrected chi connectivity index (χ4v) is 1.39. The van der Waals surface area contributed by atoms with Crippen molar-refractivity contribution in [1.82, 2.24) is 0 Å². The molecule has 0 radical (unpaired) electrons. The molecule has 0 fully saturated rings. The first-order valence-corrected chi connectivity index (χ1v) is 4.08. The Bertz CT molecular complexity index is 453. The normalized spacial score (nSPS) is 11.4. The van der Waals surface area contributed by atoms with Crippen molar-refractivity contribution in [2.45, 2.75) is 12.6 Å². The van der Waals surface area contributed by atoms with Gasteiger partial charge in [0, 0.05) is 10.9 Å². The van der Waals surface area contributed by atoms with Crippen molar-refractivity contribution in [3.05, 3.63) is 36.1 Å². The summed E-state index contributed by atoms with van der Waals surface area (Å²) in [5.74, 6) is 0. The summed E-state index contributed by atoms with van der Waals surface area (Å²) in [5, 5.41) is 0.532. The van der Waals surface area contributed by atoms with Crippen LogP contribution in [0.4, 0.5) is 13.2 Å². The Morgan fingerprint density at radius 2 is 1.87 bits per heavy atom. The second-order valence-corrected chi connectivity index (χ2v) is 3.05. The summed E-state index contributed by atoms with van der Waals surface area (Å²) < 4.78 is 41.3. The fraction of sp³-hybridized carbons (Fsp3) is 0.200. The van der Waals surface area contributed by atoms with E-state index >= 15 is 0 Å². The first-order chi connectivity index (χ1) is 6.56. The van der Waals surface area contributed by atoms with Gasteiger partial charge >= 0.3 is 25.0 Å². The van der Waals surface area contributed by atoms with Crippen molar-refractivity contribution in [1.29, 1.82) is 0 Å². The summed E-state index contributed by atoms with van der Waals surface area (Å²) in [7, 11) is 0. The molecule has 2 rings (SSSR count). The van der Waals surface area contributed by atoms with Gasteiger partial charge in [0.15, 0.2) is 0 Å². The number of furan rings is 1. The van der Waals surface area contributed by atoms with E-state index in [0.717, 1.165) is 6.26 Å². The average Bonchev–Trinajstić information content (AvgIpc) is 2.47. The van der Waals surface area contributed by atoms with Crippen LogP contribution in [0, 0.1) is 0 Å². The van der Waals surface area contributed by atoms with Gasteiger partial charge in [-0.3, -0.25) is 0 Å². The van der Waals surface area contributed by atoms with Crippen LogP contribution < -0.4 is 18.9 Å². The number of benzene rings is 1. The van der Waals surface area contributed by atoms with Crippen LogP contribution in [0.15, 0.2) is 34.9 Å². The summed E-state index contributed by atoms with van der Waals surface area (Å²) >= 11 is 0. The van der Waals surface area contributed by atoms with Gasteiger partial charge in [0.1, 0.15) is 5.58 Å². The van der Waals surface area contributed by atoms with Crippen LogP contribution in [0.2, 0.25) is 0 Å². The maximum Gasteiger partial charge on any atom is 1.00 e. The topological polar surface area (TPSA) is 13.1 Å². The Kier molecular flexibility index (Phi) is 3.53. The fourth-order valence-electron chi connectivity index (χ4n) is 1.39. The van der Waals surface area contributed by atoms with Gasteiger partial charge < -0.3 is 5.84 Å². The smallest absolute Gasteiger partial charge is 1.00 e. The molecule has 15 heavy (non-hydrogen) atoms. The predicted octanol–water partition coefficient (Wildman–Crippen LogP) is 0.654. The quantitative estimate of drug-likeness (QED) is 0.627. The molecule has 1 aromatic heterocycles. The average molecular weight is 208 g/mol. The molecule has 0 aliphatic rings. The molecular weight excluding hydrogens is 200 g/mol. The van der Waals surface area contributed by atoms with Crippen molar-refractivity contribution in [2.75, 3.05) is 0 Å². The third-order valence-corrected chi connectivity index (χ3v) is 1.95. The van der Waals surface area contributed by atoms with Crippen molar-refractivity contribution in [3.63, 3.8) is 0 Å². The van der Waals surface area contributed by atoms with E-state index in [0.29, 0.717) is 11.0 Å². The number of hydrogen-bond acceptors (Lipinski definition) is 1. The van der Waals surface area contributed by atoms with E-state index in [-0.39, 0.29) is 25.9 Å². The number of para-hydroxylation sites is 1. The molecule has 1 nitrogen and oxygen atoms in total. The number of fused-ring (bicyclic) bond motifs is 1. The molecule has 0 bridgehead atoms. The number of halogens is 3. The first-order valence-electron chi connectivity index (χ1n) is 4.08. The van der Waals surface area contributed by atoms with Gasteiger partial charge in [0.05, 0.1) is 12.7 Å². The van der Waals surface area contributed by atoms with Crippen molar-refractivity contribution in [2.24, 2.45) is 0 Å². The van der Waals surface area contributed by atoms with Gasteiger partial charge in [-0.15, -0.1) is 0 Å². The molecule has 0 saturated heterocycles. The van der Waals surface area contributed by atoms with E-state index in [1.165, 1.54) is 0 Å². The summed E-state index contributed by atoms with van der Waals surface area (Å²) in [4.78, 5) is 0. The van der Waals surface area contributed by atoms with Crippen LogP contribution in [0.25, 0.3) is 11.0 Å². The molecule has 0 N–H and O–H groups in total. The van der Waals surface area contributed by atoms with Crippen LogP contribution in [-0.4, -0.2) is 6.18 Å². The zero-order valence-electron chi connectivity index (χ0n) is 9.14. The standard InChI is InChI=1S/C10H7F3O.Li.H/c11-10(12,13)5-7-6-14-9-4-2-1-3-8(7)9;;/h1-4,6H,5H2;;/q;+1;-1. The Morgan fingerprint density at radius 1 is 1.20 bits per heavy atom. The summed E-state index contributed by atoms with van der Waals surface area (Å²) in [6.45, 7) is 0. The van der Waals surface area contributed by atoms with E-state index in [1.807, 2.05) is 0 Å². The molecule has 2 aromatic rings.